The Labute approximate surface area is 140 Å². The maximum atomic E-state index is 12.2. The molecule has 2 aromatic rings. The van der Waals surface area contributed by atoms with E-state index >= 15 is 0 Å². The lowest BCUT2D eigenvalue weighted by Gasteiger charge is -2.21. The third kappa shape index (κ3) is 3.43. The molecule has 2 amide bonds. The number of hydrogen-bond acceptors (Lipinski definition) is 3. The Balaban J connectivity index is 1.65. The van der Waals surface area contributed by atoms with E-state index in [4.69, 9.17) is 16.3 Å². The molecule has 1 aromatic heterocycles. The molecule has 0 aliphatic carbocycles. The second-order valence-corrected chi connectivity index (χ2v) is 6.29. The van der Waals surface area contributed by atoms with Gasteiger partial charge in [-0.05, 0) is 25.0 Å². The summed E-state index contributed by atoms with van der Waals surface area (Å²) in [6, 6.07) is 5.56. The summed E-state index contributed by atoms with van der Waals surface area (Å²) in [4.78, 5) is 13.9. The smallest absolute Gasteiger partial charge is 0.317 e. The first-order valence-corrected chi connectivity index (χ1v) is 8.14. The molecular weight excluding hydrogens is 316 g/mol. The number of ether oxygens (including phenoxy) is 1. The van der Waals surface area contributed by atoms with Crippen molar-refractivity contribution in [2.75, 3.05) is 20.2 Å². The highest BCUT2D eigenvalue weighted by Crippen LogP contribution is 2.26. The standard InChI is InChI=1S/C16H21ClN4O2/c1-20(10-11-5-4-8-23-11)16(22)18-9-13-15-12(17)6-3-7-14(15)21(2)19-13/h3,6-7,11H,4-5,8-10H2,1-2H3,(H,18,22)/t11-/m1/s1. The fraction of sp³-hybridized carbons (Fsp3) is 0.500. The molecule has 7 heteroatoms. The molecule has 0 radical (unpaired) electrons. The Morgan fingerprint density at radius 2 is 2.39 bits per heavy atom. The zero-order chi connectivity index (χ0) is 16.4. The van der Waals surface area contributed by atoms with E-state index in [2.05, 4.69) is 10.4 Å². The number of urea groups is 1. The molecule has 1 fully saturated rings. The molecule has 1 aliphatic rings. The van der Waals surface area contributed by atoms with Crippen LogP contribution in [-0.4, -0.2) is 47.0 Å². The Morgan fingerprint density at radius 1 is 1.57 bits per heavy atom. The molecule has 2 heterocycles. The maximum absolute atomic E-state index is 12.2. The topological polar surface area (TPSA) is 59.4 Å². The van der Waals surface area contributed by atoms with E-state index in [1.54, 1.807) is 16.6 Å². The van der Waals surface area contributed by atoms with Crippen molar-refractivity contribution in [1.29, 1.82) is 0 Å². The second kappa shape index (κ2) is 6.76. The van der Waals surface area contributed by atoms with Crippen molar-refractivity contribution in [3.63, 3.8) is 0 Å². The third-order valence-corrected chi connectivity index (χ3v) is 4.47. The number of halogens is 1. The third-order valence-electron chi connectivity index (χ3n) is 4.15. The largest absolute Gasteiger partial charge is 0.376 e. The summed E-state index contributed by atoms with van der Waals surface area (Å²) in [6.07, 6.45) is 2.23. The number of benzene rings is 1. The monoisotopic (exact) mass is 336 g/mol. The van der Waals surface area contributed by atoms with Gasteiger partial charge in [0.2, 0.25) is 0 Å². The van der Waals surface area contributed by atoms with E-state index in [-0.39, 0.29) is 12.1 Å². The van der Waals surface area contributed by atoms with Crippen molar-refractivity contribution >= 4 is 28.5 Å². The SMILES string of the molecule is CN(C[C@H]1CCCO1)C(=O)NCc1nn(C)c2cccc(Cl)c12. The number of fused-ring (bicyclic) bond motifs is 1. The molecule has 124 valence electrons. The molecule has 1 atom stereocenters. The van der Waals surface area contributed by atoms with Gasteiger partial charge < -0.3 is 15.0 Å². The average molecular weight is 337 g/mol. The maximum Gasteiger partial charge on any atom is 0.317 e. The summed E-state index contributed by atoms with van der Waals surface area (Å²) in [5.74, 6) is 0. The van der Waals surface area contributed by atoms with Gasteiger partial charge in [0.25, 0.3) is 0 Å². The Hall–Kier alpha value is -1.79. The molecule has 3 rings (SSSR count). The number of aromatic nitrogens is 2. The summed E-state index contributed by atoms with van der Waals surface area (Å²) >= 11 is 6.27. The molecule has 0 bridgehead atoms. The second-order valence-electron chi connectivity index (χ2n) is 5.88. The zero-order valence-electron chi connectivity index (χ0n) is 13.4. The fourth-order valence-corrected chi connectivity index (χ4v) is 3.23. The van der Waals surface area contributed by atoms with Crippen LogP contribution in [0.15, 0.2) is 18.2 Å². The van der Waals surface area contributed by atoms with Crippen LogP contribution in [0.5, 0.6) is 0 Å². The van der Waals surface area contributed by atoms with Gasteiger partial charge in [-0.15, -0.1) is 0 Å². The molecule has 0 spiro atoms. The lowest BCUT2D eigenvalue weighted by atomic mass is 10.2. The number of amides is 2. The number of rotatable bonds is 4. The van der Waals surface area contributed by atoms with E-state index in [1.807, 2.05) is 25.2 Å². The van der Waals surface area contributed by atoms with Crippen molar-refractivity contribution in [3.05, 3.63) is 28.9 Å². The van der Waals surface area contributed by atoms with Crippen molar-refractivity contribution in [1.82, 2.24) is 20.0 Å². The predicted molar refractivity (Wildman–Crippen MR) is 89.6 cm³/mol. The summed E-state index contributed by atoms with van der Waals surface area (Å²) in [6.45, 7) is 1.74. The van der Waals surface area contributed by atoms with Crippen molar-refractivity contribution in [2.45, 2.75) is 25.5 Å². The van der Waals surface area contributed by atoms with Crippen LogP contribution in [0.3, 0.4) is 0 Å². The minimum atomic E-state index is -0.133. The molecule has 23 heavy (non-hydrogen) atoms. The van der Waals surface area contributed by atoms with E-state index in [0.717, 1.165) is 36.0 Å². The van der Waals surface area contributed by atoms with E-state index in [1.165, 1.54) is 0 Å². The van der Waals surface area contributed by atoms with Gasteiger partial charge >= 0.3 is 6.03 Å². The van der Waals surface area contributed by atoms with Crippen LogP contribution in [0.25, 0.3) is 10.9 Å². The molecule has 6 nitrogen and oxygen atoms in total. The average Bonchev–Trinajstić information content (AvgIpc) is 3.14. The number of nitrogens with zero attached hydrogens (tertiary/aromatic N) is 3. The van der Waals surface area contributed by atoms with Gasteiger partial charge in [-0.3, -0.25) is 4.68 Å². The first-order chi connectivity index (χ1) is 11.1. The van der Waals surface area contributed by atoms with Crippen molar-refractivity contribution < 1.29 is 9.53 Å². The number of aryl methyl sites for hydroxylation is 1. The van der Waals surface area contributed by atoms with Crippen LogP contribution in [0.1, 0.15) is 18.5 Å². The number of likely N-dealkylation sites (N-methyl/N-ethyl adjacent to an activating group) is 1. The number of nitrogens with one attached hydrogen (secondary N) is 1. The van der Waals surface area contributed by atoms with Gasteiger partial charge in [0.1, 0.15) is 0 Å². The van der Waals surface area contributed by atoms with Gasteiger partial charge in [-0.1, -0.05) is 17.7 Å². The Morgan fingerprint density at radius 3 is 3.13 bits per heavy atom. The fourth-order valence-electron chi connectivity index (χ4n) is 2.95. The quantitative estimate of drug-likeness (QED) is 0.933. The van der Waals surface area contributed by atoms with Gasteiger partial charge in [-0.25, -0.2) is 4.79 Å². The molecular formula is C16H21ClN4O2. The molecule has 0 unspecified atom stereocenters. The summed E-state index contributed by atoms with van der Waals surface area (Å²) in [5.41, 5.74) is 1.72. The van der Waals surface area contributed by atoms with Gasteiger partial charge in [0.15, 0.2) is 0 Å². The van der Waals surface area contributed by atoms with Crippen LogP contribution in [0.2, 0.25) is 5.02 Å². The van der Waals surface area contributed by atoms with Crippen LogP contribution in [0.4, 0.5) is 4.79 Å². The summed E-state index contributed by atoms with van der Waals surface area (Å²) in [7, 11) is 3.65. The van der Waals surface area contributed by atoms with E-state index in [0.29, 0.717) is 18.1 Å². The highest BCUT2D eigenvalue weighted by Gasteiger charge is 2.20. The van der Waals surface area contributed by atoms with Crippen LogP contribution in [0, 0.1) is 0 Å². The lowest BCUT2D eigenvalue weighted by Crippen LogP contribution is -2.40. The number of carbonyl (C=O) groups excluding carboxylic acids is 1. The number of carbonyl (C=O) groups is 1. The van der Waals surface area contributed by atoms with Crippen LogP contribution in [-0.2, 0) is 18.3 Å². The highest BCUT2D eigenvalue weighted by atomic mass is 35.5. The van der Waals surface area contributed by atoms with Gasteiger partial charge in [0, 0.05) is 32.6 Å². The minimum absolute atomic E-state index is 0.133. The Kier molecular flexibility index (Phi) is 4.73. The molecule has 1 N–H and O–H groups in total. The van der Waals surface area contributed by atoms with Crippen LogP contribution >= 0.6 is 11.6 Å². The van der Waals surface area contributed by atoms with E-state index in [9.17, 15) is 4.79 Å². The molecule has 1 aromatic carbocycles. The van der Waals surface area contributed by atoms with Crippen molar-refractivity contribution in [2.24, 2.45) is 7.05 Å². The summed E-state index contributed by atoms with van der Waals surface area (Å²) < 4.78 is 7.34. The lowest BCUT2D eigenvalue weighted by molar-refractivity contribution is 0.0874. The summed E-state index contributed by atoms with van der Waals surface area (Å²) in [5, 5.41) is 8.90. The first-order valence-electron chi connectivity index (χ1n) is 7.77. The first kappa shape index (κ1) is 16.1. The highest BCUT2D eigenvalue weighted by molar-refractivity contribution is 6.35. The zero-order valence-corrected chi connectivity index (χ0v) is 14.1. The number of hydrogen-bond donors (Lipinski definition) is 1. The van der Waals surface area contributed by atoms with Gasteiger partial charge in [-0.2, -0.15) is 5.10 Å². The Bertz CT molecular complexity index is 709. The van der Waals surface area contributed by atoms with Crippen molar-refractivity contribution in [3.8, 4) is 0 Å². The molecule has 1 aliphatic heterocycles. The predicted octanol–water partition coefficient (Wildman–Crippen LogP) is 2.55. The van der Waals surface area contributed by atoms with Crippen LogP contribution < -0.4 is 5.32 Å². The van der Waals surface area contributed by atoms with Gasteiger partial charge in [0.05, 0.1) is 28.9 Å². The molecule has 1 saturated heterocycles. The van der Waals surface area contributed by atoms with E-state index < -0.39 is 0 Å². The minimum Gasteiger partial charge on any atom is -0.376 e. The normalized spacial score (nSPS) is 17.6. The molecule has 0 saturated carbocycles.